The Balaban J connectivity index is 2.14. The summed E-state index contributed by atoms with van der Waals surface area (Å²) in [5, 5.41) is 24.0. The fraction of sp³-hybridized carbons (Fsp3) is 0. The lowest BCUT2D eigenvalue weighted by molar-refractivity contribution is -0.112. The van der Waals surface area contributed by atoms with E-state index in [1.807, 2.05) is 12.1 Å². The Hall–Kier alpha value is -3.28. The summed E-state index contributed by atoms with van der Waals surface area (Å²) in [6, 6.07) is 17.2. The summed E-state index contributed by atoms with van der Waals surface area (Å²) in [6.45, 7) is 0. The number of halogens is 1. The quantitative estimate of drug-likeness (QED) is 0.664. The summed E-state index contributed by atoms with van der Waals surface area (Å²) in [6.07, 6.45) is 1.26. The first kappa shape index (κ1) is 16.1. The normalized spacial score (nSPS) is 10.3. The van der Waals surface area contributed by atoms with Crippen LogP contribution in [0.3, 0.4) is 0 Å². The van der Waals surface area contributed by atoms with Crippen molar-refractivity contribution in [3.8, 4) is 12.1 Å². The van der Waals surface area contributed by atoms with Crippen LogP contribution in [0.15, 0.2) is 60.3 Å². The van der Waals surface area contributed by atoms with Crippen LogP contribution in [0, 0.1) is 22.7 Å². The van der Waals surface area contributed by atoms with Crippen molar-refractivity contribution in [1.82, 2.24) is 0 Å². The summed E-state index contributed by atoms with van der Waals surface area (Å²) in [7, 11) is 0. The molecular weight excluding hydrogens is 312 g/mol. The van der Waals surface area contributed by atoms with Crippen LogP contribution in [-0.2, 0) is 4.79 Å². The van der Waals surface area contributed by atoms with Crippen molar-refractivity contribution in [2.45, 2.75) is 0 Å². The summed E-state index contributed by atoms with van der Waals surface area (Å²) in [5.74, 6) is -0.572. The lowest BCUT2D eigenvalue weighted by Gasteiger charge is -2.06. The van der Waals surface area contributed by atoms with E-state index in [1.165, 1.54) is 6.20 Å². The molecule has 2 aromatic carbocycles. The van der Waals surface area contributed by atoms with Gasteiger partial charge in [0.1, 0.15) is 17.7 Å². The number of hydrogen-bond donors (Lipinski definition) is 2. The molecule has 23 heavy (non-hydrogen) atoms. The van der Waals surface area contributed by atoms with Gasteiger partial charge in [0.15, 0.2) is 0 Å². The number of rotatable bonds is 4. The molecule has 0 aromatic heterocycles. The molecule has 2 rings (SSSR count). The van der Waals surface area contributed by atoms with Gasteiger partial charge in [0, 0.05) is 16.9 Å². The molecule has 0 fully saturated rings. The van der Waals surface area contributed by atoms with Gasteiger partial charge in [-0.2, -0.15) is 10.5 Å². The van der Waals surface area contributed by atoms with Gasteiger partial charge in [-0.3, -0.25) is 4.79 Å². The molecule has 2 aromatic rings. The van der Waals surface area contributed by atoms with Crippen LogP contribution in [0.4, 0.5) is 11.4 Å². The van der Waals surface area contributed by atoms with Gasteiger partial charge < -0.3 is 10.6 Å². The number of carbonyl (C=O) groups is 1. The number of anilines is 2. The van der Waals surface area contributed by atoms with E-state index in [0.29, 0.717) is 22.0 Å². The van der Waals surface area contributed by atoms with E-state index < -0.39 is 5.91 Å². The number of amides is 1. The van der Waals surface area contributed by atoms with E-state index >= 15 is 0 Å². The molecule has 0 heterocycles. The first-order valence-corrected chi connectivity index (χ1v) is 6.94. The zero-order chi connectivity index (χ0) is 16.7. The Bertz CT molecular complexity index is 846. The van der Waals surface area contributed by atoms with E-state index in [-0.39, 0.29) is 5.57 Å². The second-order valence-electron chi connectivity index (χ2n) is 4.44. The van der Waals surface area contributed by atoms with E-state index in [0.717, 1.165) is 0 Å². The SMILES string of the molecule is N#C/C(=C/Nc1ccccc1C#N)C(=O)Nc1cccc(Cl)c1. The number of benzene rings is 2. The lowest BCUT2D eigenvalue weighted by Crippen LogP contribution is -2.14. The second kappa shape index (κ2) is 7.65. The maximum atomic E-state index is 12.1. The third-order valence-corrected chi connectivity index (χ3v) is 3.10. The average molecular weight is 323 g/mol. The van der Waals surface area contributed by atoms with Gasteiger partial charge in [-0.1, -0.05) is 29.8 Å². The van der Waals surface area contributed by atoms with Gasteiger partial charge in [-0.05, 0) is 30.3 Å². The molecule has 112 valence electrons. The van der Waals surface area contributed by atoms with Crippen molar-refractivity contribution in [3.63, 3.8) is 0 Å². The average Bonchev–Trinajstić information content (AvgIpc) is 2.55. The molecule has 5 nitrogen and oxygen atoms in total. The molecule has 0 aliphatic carbocycles. The molecule has 0 spiro atoms. The zero-order valence-corrected chi connectivity index (χ0v) is 12.6. The van der Waals surface area contributed by atoms with Gasteiger partial charge in [0.25, 0.3) is 5.91 Å². The van der Waals surface area contributed by atoms with Crippen LogP contribution in [-0.4, -0.2) is 5.91 Å². The number of nitriles is 2. The predicted octanol–water partition coefficient (Wildman–Crippen LogP) is 3.67. The van der Waals surface area contributed by atoms with Crippen molar-refractivity contribution in [2.24, 2.45) is 0 Å². The minimum Gasteiger partial charge on any atom is -0.359 e. The Labute approximate surface area is 138 Å². The Morgan fingerprint density at radius 3 is 2.61 bits per heavy atom. The Morgan fingerprint density at radius 2 is 1.91 bits per heavy atom. The third kappa shape index (κ3) is 4.34. The monoisotopic (exact) mass is 322 g/mol. The van der Waals surface area contributed by atoms with Crippen LogP contribution >= 0.6 is 11.6 Å². The summed E-state index contributed by atoms with van der Waals surface area (Å²) in [5.41, 5.74) is 1.29. The number of nitrogens with zero attached hydrogens (tertiary/aromatic N) is 2. The predicted molar refractivity (Wildman–Crippen MR) is 88.6 cm³/mol. The van der Waals surface area contributed by atoms with E-state index in [2.05, 4.69) is 10.6 Å². The maximum Gasteiger partial charge on any atom is 0.267 e. The molecule has 0 atom stereocenters. The highest BCUT2D eigenvalue weighted by molar-refractivity contribution is 6.31. The van der Waals surface area contributed by atoms with E-state index in [1.54, 1.807) is 48.5 Å². The van der Waals surface area contributed by atoms with Crippen LogP contribution < -0.4 is 10.6 Å². The molecule has 0 saturated heterocycles. The van der Waals surface area contributed by atoms with Crippen molar-refractivity contribution in [2.75, 3.05) is 10.6 Å². The van der Waals surface area contributed by atoms with Gasteiger partial charge >= 0.3 is 0 Å². The summed E-state index contributed by atoms with van der Waals surface area (Å²) >= 11 is 5.84. The minimum absolute atomic E-state index is 0.127. The van der Waals surface area contributed by atoms with Crippen molar-refractivity contribution >= 4 is 28.9 Å². The number of carbonyl (C=O) groups excluding carboxylic acids is 1. The maximum absolute atomic E-state index is 12.1. The summed E-state index contributed by atoms with van der Waals surface area (Å²) < 4.78 is 0. The fourth-order valence-corrected chi connectivity index (χ4v) is 1.96. The van der Waals surface area contributed by atoms with Crippen molar-refractivity contribution in [1.29, 1.82) is 10.5 Å². The fourth-order valence-electron chi connectivity index (χ4n) is 1.77. The molecule has 0 aliphatic heterocycles. The molecule has 0 saturated carbocycles. The third-order valence-electron chi connectivity index (χ3n) is 2.87. The van der Waals surface area contributed by atoms with Crippen LogP contribution in [0.25, 0.3) is 0 Å². The lowest BCUT2D eigenvalue weighted by atomic mass is 10.2. The minimum atomic E-state index is -0.572. The first-order chi connectivity index (χ1) is 11.1. The molecule has 2 N–H and O–H groups in total. The number of para-hydroxylation sites is 1. The molecule has 0 unspecified atom stereocenters. The van der Waals surface area contributed by atoms with Crippen LogP contribution in [0.1, 0.15) is 5.56 Å². The van der Waals surface area contributed by atoms with E-state index in [9.17, 15) is 4.79 Å². The molecule has 0 aliphatic rings. The molecule has 0 bridgehead atoms. The highest BCUT2D eigenvalue weighted by Crippen LogP contribution is 2.16. The molecule has 0 radical (unpaired) electrons. The zero-order valence-electron chi connectivity index (χ0n) is 11.9. The van der Waals surface area contributed by atoms with Crippen LogP contribution in [0.2, 0.25) is 5.02 Å². The molecule has 1 amide bonds. The Morgan fingerprint density at radius 1 is 1.13 bits per heavy atom. The van der Waals surface area contributed by atoms with Gasteiger partial charge in [-0.25, -0.2) is 0 Å². The van der Waals surface area contributed by atoms with E-state index in [4.69, 9.17) is 22.1 Å². The highest BCUT2D eigenvalue weighted by Gasteiger charge is 2.10. The van der Waals surface area contributed by atoms with Gasteiger partial charge in [0.05, 0.1) is 11.3 Å². The topological polar surface area (TPSA) is 88.7 Å². The molecular formula is C17H11ClN4O. The van der Waals surface area contributed by atoms with Crippen molar-refractivity contribution in [3.05, 3.63) is 70.9 Å². The number of hydrogen-bond acceptors (Lipinski definition) is 4. The first-order valence-electron chi connectivity index (χ1n) is 6.57. The molecule has 6 heteroatoms. The summed E-state index contributed by atoms with van der Waals surface area (Å²) in [4.78, 5) is 12.1. The Kier molecular flexibility index (Phi) is 5.35. The van der Waals surface area contributed by atoms with Gasteiger partial charge in [-0.15, -0.1) is 0 Å². The number of nitrogens with one attached hydrogen (secondary N) is 2. The standard InChI is InChI=1S/C17H11ClN4O/c18-14-5-3-6-15(8-14)22-17(23)13(10-20)11-21-16-7-2-1-4-12(16)9-19/h1-8,11,21H,(H,22,23)/b13-11-. The second-order valence-corrected chi connectivity index (χ2v) is 4.87. The van der Waals surface area contributed by atoms with Crippen molar-refractivity contribution < 1.29 is 4.79 Å². The van der Waals surface area contributed by atoms with Crippen LogP contribution in [0.5, 0.6) is 0 Å². The largest absolute Gasteiger partial charge is 0.359 e. The van der Waals surface area contributed by atoms with Gasteiger partial charge in [0.2, 0.25) is 0 Å². The smallest absolute Gasteiger partial charge is 0.267 e. The highest BCUT2D eigenvalue weighted by atomic mass is 35.5.